The maximum Gasteiger partial charge on any atom is 0.153 e. The van der Waals surface area contributed by atoms with Crippen molar-refractivity contribution in [2.75, 3.05) is 0 Å². The van der Waals surface area contributed by atoms with Crippen molar-refractivity contribution in [2.45, 2.75) is 13.3 Å². The summed E-state index contributed by atoms with van der Waals surface area (Å²) in [5.41, 5.74) is 8.71. The molecule has 0 unspecified atom stereocenters. The quantitative estimate of drug-likeness (QED) is 0.637. The lowest BCUT2D eigenvalue weighted by atomic mass is 10.0. The first-order valence-electron chi connectivity index (χ1n) is 6.28. The van der Waals surface area contributed by atoms with E-state index in [1.54, 1.807) is 0 Å². The molecule has 2 aromatic carbocycles. The van der Waals surface area contributed by atoms with Gasteiger partial charge in [0.05, 0.1) is 0 Å². The van der Waals surface area contributed by atoms with Crippen LogP contribution in [0.25, 0.3) is 11.1 Å². The smallest absolute Gasteiger partial charge is 0.153 e. The van der Waals surface area contributed by atoms with Crippen LogP contribution in [-0.4, -0.2) is 11.7 Å². The van der Waals surface area contributed by atoms with E-state index < -0.39 is 0 Å². The van der Waals surface area contributed by atoms with Gasteiger partial charge in [-0.2, -0.15) is 0 Å². The van der Waals surface area contributed by atoms with Crippen molar-refractivity contribution in [3.63, 3.8) is 0 Å². The zero-order chi connectivity index (χ0) is 13.7. The van der Waals surface area contributed by atoms with E-state index in [9.17, 15) is 0 Å². The molecule has 0 amide bonds. The summed E-state index contributed by atoms with van der Waals surface area (Å²) >= 11 is 0. The zero-order valence-electron chi connectivity index (χ0n) is 10.9. The minimum atomic E-state index is 0.207. The lowest BCUT2D eigenvalue weighted by molar-refractivity contribution is 1.24. The molecule has 0 aliphatic carbocycles. The van der Waals surface area contributed by atoms with E-state index in [1.165, 1.54) is 0 Å². The summed E-state index contributed by atoms with van der Waals surface area (Å²) in [5, 5.41) is 7.87. The van der Waals surface area contributed by atoms with Gasteiger partial charge in [0.2, 0.25) is 0 Å². The molecule has 3 nitrogen and oxygen atoms in total. The van der Waals surface area contributed by atoms with Crippen LogP contribution in [0.4, 0.5) is 0 Å². The average Bonchev–Trinajstić information content (AvgIpc) is 2.48. The fraction of sp³-hybridized carbons (Fsp3) is 0.125. The molecular formula is C16H17N3. The third-order valence-corrected chi connectivity index (χ3v) is 2.88. The Balaban J connectivity index is 2.22. The number of rotatable bonds is 3. The zero-order valence-corrected chi connectivity index (χ0v) is 10.9. The summed E-state index contributed by atoms with van der Waals surface area (Å²) < 4.78 is 0. The van der Waals surface area contributed by atoms with Crippen molar-refractivity contribution < 1.29 is 0 Å². The molecule has 0 saturated heterocycles. The minimum absolute atomic E-state index is 0.207. The number of nitrogens with one attached hydrogen (secondary N) is 1. The molecule has 0 fully saturated rings. The summed E-state index contributed by atoms with van der Waals surface area (Å²) in [6.45, 7) is 1.92. The highest BCUT2D eigenvalue weighted by molar-refractivity contribution is 6.04. The average molecular weight is 251 g/mol. The van der Waals surface area contributed by atoms with Gasteiger partial charge in [-0.25, -0.2) is 4.99 Å². The molecule has 0 heterocycles. The van der Waals surface area contributed by atoms with Crippen molar-refractivity contribution in [1.29, 1.82) is 5.41 Å². The fourth-order valence-electron chi connectivity index (χ4n) is 1.74. The van der Waals surface area contributed by atoms with Crippen molar-refractivity contribution in [1.82, 2.24) is 0 Å². The third-order valence-electron chi connectivity index (χ3n) is 2.88. The van der Waals surface area contributed by atoms with Crippen LogP contribution in [0.3, 0.4) is 0 Å². The molecule has 96 valence electrons. The summed E-state index contributed by atoms with van der Waals surface area (Å²) in [6, 6.07) is 17.9. The van der Waals surface area contributed by atoms with Gasteiger partial charge in [-0.05, 0) is 11.1 Å². The Kier molecular flexibility index (Phi) is 4.08. The molecule has 0 bridgehead atoms. The maximum atomic E-state index is 7.87. The molecule has 0 radical (unpaired) electrons. The molecule has 3 heteroatoms. The SMILES string of the molecule is CC/C(N)=N/C(=N)c1ccc(-c2ccccc2)cc1. The molecule has 19 heavy (non-hydrogen) atoms. The van der Waals surface area contributed by atoms with Crippen molar-refractivity contribution in [3.8, 4) is 11.1 Å². The van der Waals surface area contributed by atoms with Crippen LogP contribution in [0.1, 0.15) is 18.9 Å². The van der Waals surface area contributed by atoms with Crippen LogP contribution in [0.15, 0.2) is 59.6 Å². The number of hydrogen-bond acceptors (Lipinski definition) is 1. The second kappa shape index (κ2) is 5.96. The molecule has 0 atom stereocenters. The first-order valence-corrected chi connectivity index (χ1v) is 6.28. The van der Waals surface area contributed by atoms with Crippen LogP contribution >= 0.6 is 0 Å². The first kappa shape index (κ1) is 13.0. The normalized spacial score (nSPS) is 11.3. The topological polar surface area (TPSA) is 62.2 Å². The molecule has 3 N–H and O–H groups in total. The van der Waals surface area contributed by atoms with Gasteiger partial charge in [0, 0.05) is 12.0 Å². The second-order valence-corrected chi connectivity index (χ2v) is 4.25. The molecule has 2 aromatic rings. The highest BCUT2D eigenvalue weighted by atomic mass is 14.9. The molecule has 0 spiro atoms. The van der Waals surface area contributed by atoms with Gasteiger partial charge in [0.15, 0.2) is 5.84 Å². The van der Waals surface area contributed by atoms with E-state index in [4.69, 9.17) is 11.1 Å². The number of hydrogen-bond donors (Lipinski definition) is 2. The van der Waals surface area contributed by atoms with Gasteiger partial charge in [-0.1, -0.05) is 61.5 Å². The Hall–Kier alpha value is -2.42. The van der Waals surface area contributed by atoms with E-state index in [-0.39, 0.29) is 5.84 Å². The minimum Gasteiger partial charge on any atom is -0.387 e. The fourth-order valence-corrected chi connectivity index (χ4v) is 1.74. The molecule has 0 aliphatic heterocycles. The highest BCUT2D eigenvalue weighted by Gasteiger charge is 2.02. The van der Waals surface area contributed by atoms with E-state index in [0.29, 0.717) is 12.3 Å². The summed E-state index contributed by atoms with van der Waals surface area (Å²) in [6.07, 6.45) is 0.657. The van der Waals surface area contributed by atoms with Gasteiger partial charge in [0.25, 0.3) is 0 Å². The van der Waals surface area contributed by atoms with Gasteiger partial charge < -0.3 is 5.73 Å². The van der Waals surface area contributed by atoms with Crippen molar-refractivity contribution in [2.24, 2.45) is 10.7 Å². The lowest BCUT2D eigenvalue weighted by Crippen LogP contribution is -2.12. The van der Waals surface area contributed by atoms with Gasteiger partial charge in [-0.3, -0.25) is 5.41 Å². The number of nitrogens with zero attached hydrogens (tertiary/aromatic N) is 1. The predicted octanol–water partition coefficient (Wildman–Crippen LogP) is 3.45. The highest BCUT2D eigenvalue weighted by Crippen LogP contribution is 2.19. The Morgan fingerprint density at radius 2 is 1.58 bits per heavy atom. The Morgan fingerprint density at radius 3 is 2.16 bits per heavy atom. The Bertz CT molecular complexity index is 583. The number of nitrogens with two attached hydrogens (primary N) is 1. The standard InChI is InChI=1S/C16H17N3/c1-2-15(17)19-16(18)14-10-8-13(9-11-14)12-6-4-3-5-7-12/h3-11H,2H2,1H3,(H3,17,18,19). The largest absolute Gasteiger partial charge is 0.387 e. The lowest BCUT2D eigenvalue weighted by Gasteiger charge is -2.04. The summed E-state index contributed by atoms with van der Waals surface area (Å²) in [5.74, 6) is 0.691. The van der Waals surface area contributed by atoms with Crippen LogP contribution in [0, 0.1) is 5.41 Å². The van der Waals surface area contributed by atoms with Crippen LogP contribution in [0.5, 0.6) is 0 Å². The van der Waals surface area contributed by atoms with E-state index in [0.717, 1.165) is 16.7 Å². The third kappa shape index (κ3) is 3.28. The summed E-state index contributed by atoms with van der Waals surface area (Å²) in [4.78, 5) is 4.05. The molecule has 2 rings (SSSR count). The van der Waals surface area contributed by atoms with E-state index in [1.807, 2.05) is 49.4 Å². The van der Waals surface area contributed by atoms with Crippen LogP contribution in [0.2, 0.25) is 0 Å². The monoisotopic (exact) mass is 251 g/mol. The van der Waals surface area contributed by atoms with E-state index in [2.05, 4.69) is 17.1 Å². The number of aliphatic imine (C=N–C) groups is 1. The van der Waals surface area contributed by atoms with E-state index >= 15 is 0 Å². The van der Waals surface area contributed by atoms with Gasteiger partial charge >= 0.3 is 0 Å². The Morgan fingerprint density at radius 1 is 1.00 bits per heavy atom. The predicted molar refractivity (Wildman–Crippen MR) is 80.6 cm³/mol. The molecular weight excluding hydrogens is 234 g/mol. The van der Waals surface area contributed by atoms with Crippen molar-refractivity contribution in [3.05, 3.63) is 60.2 Å². The number of benzene rings is 2. The molecule has 0 aliphatic rings. The van der Waals surface area contributed by atoms with Crippen molar-refractivity contribution >= 4 is 11.7 Å². The summed E-state index contributed by atoms with van der Waals surface area (Å²) in [7, 11) is 0. The van der Waals surface area contributed by atoms with Crippen LogP contribution in [-0.2, 0) is 0 Å². The molecule has 0 saturated carbocycles. The Labute approximate surface area is 113 Å². The van der Waals surface area contributed by atoms with Gasteiger partial charge in [0.1, 0.15) is 5.84 Å². The number of amidine groups is 2. The van der Waals surface area contributed by atoms with Gasteiger partial charge in [-0.15, -0.1) is 0 Å². The first-order chi connectivity index (χ1) is 9.20. The second-order valence-electron chi connectivity index (χ2n) is 4.25. The molecule has 0 aromatic heterocycles. The van der Waals surface area contributed by atoms with Crippen LogP contribution < -0.4 is 5.73 Å². The maximum absolute atomic E-state index is 7.87.